The molecule has 0 aliphatic rings. The van der Waals surface area contributed by atoms with E-state index < -0.39 is 23.4 Å². The summed E-state index contributed by atoms with van der Waals surface area (Å²) >= 11 is 0. The van der Waals surface area contributed by atoms with Crippen LogP contribution >= 0.6 is 0 Å². The third-order valence-corrected chi connectivity index (χ3v) is 3.52. The van der Waals surface area contributed by atoms with Crippen molar-refractivity contribution in [2.75, 3.05) is 11.9 Å². The number of hydrogen-bond acceptors (Lipinski definition) is 5. The highest BCUT2D eigenvalue weighted by Gasteiger charge is 2.10. The maximum Gasteiger partial charge on any atom is 0.331 e. The zero-order valence-electron chi connectivity index (χ0n) is 14.2. The highest BCUT2D eigenvalue weighted by molar-refractivity contribution is 5.94. The van der Waals surface area contributed by atoms with Gasteiger partial charge in [0.25, 0.3) is 11.6 Å². The zero-order valence-corrected chi connectivity index (χ0v) is 14.2. The van der Waals surface area contributed by atoms with Crippen LogP contribution in [0, 0.1) is 10.1 Å². The van der Waals surface area contributed by atoms with Crippen molar-refractivity contribution in [2.24, 2.45) is 0 Å². The Morgan fingerprint density at radius 2 is 1.85 bits per heavy atom. The minimum Gasteiger partial charge on any atom is -0.452 e. The average molecular weight is 354 g/mol. The van der Waals surface area contributed by atoms with Gasteiger partial charge in [0.1, 0.15) is 0 Å². The smallest absolute Gasteiger partial charge is 0.331 e. The highest BCUT2D eigenvalue weighted by Crippen LogP contribution is 2.18. The van der Waals surface area contributed by atoms with Crippen molar-refractivity contribution in [2.45, 2.75) is 13.3 Å². The van der Waals surface area contributed by atoms with Gasteiger partial charge in [0, 0.05) is 17.8 Å². The predicted octanol–water partition coefficient (Wildman–Crippen LogP) is 3.35. The van der Waals surface area contributed by atoms with Crippen LogP contribution in [0.2, 0.25) is 0 Å². The van der Waals surface area contributed by atoms with Crippen LogP contribution in [0.15, 0.2) is 54.6 Å². The number of para-hydroxylation sites is 1. The largest absolute Gasteiger partial charge is 0.452 e. The van der Waals surface area contributed by atoms with E-state index in [9.17, 15) is 19.7 Å². The van der Waals surface area contributed by atoms with Crippen LogP contribution in [0.3, 0.4) is 0 Å². The summed E-state index contributed by atoms with van der Waals surface area (Å²) in [5.41, 5.74) is 1.91. The Morgan fingerprint density at radius 3 is 2.50 bits per heavy atom. The molecule has 0 spiro atoms. The van der Waals surface area contributed by atoms with Crippen molar-refractivity contribution in [3.8, 4) is 0 Å². The molecule has 7 heteroatoms. The van der Waals surface area contributed by atoms with E-state index in [1.54, 1.807) is 18.2 Å². The lowest BCUT2D eigenvalue weighted by Gasteiger charge is -2.06. The lowest BCUT2D eigenvalue weighted by molar-refractivity contribution is -0.385. The van der Waals surface area contributed by atoms with Crippen LogP contribution in [-0.4, -0.2) is 23.4 Å². The van der Waals surface area contributed by atoms with E-state index in [1.807, 2.05) is 19.1 Å². The number of rotatable bonds is 7. The van der Waals surface area contributed by atoms with Crippen LogP contribution in [0.5, 0.6) is 0 Å². The summed E-state index contributed by atoms with van der Waals surface area (Å²) in [4.78, 5) is 33.8. The summed E-state index contributed by atoms with van der Waals surface area (Å²) in [6.07, 6.45) is 3.23. The Kier molecular flexibility index (Phi) is 6.61. The van der Waals surface area contributed by atoms with Crippen molar-refractivity contribution in [1.82, 2.24) is 0 Å². The summed E-state index contributed by atoms with van der Waals surface area (Å²) in [7, 11) is 0. The molecule has 0 radical (unpaired) electrons. The zero-order chi connectivity index (χ0) is 18.9. The highest BCUT2D eigenvalue weighted by atomic mass is 16.6. The molecule has 2 aromatic carbocycles. The minimum absolute atomic E-state index is 0.121. The molecule has 26 heavy (non-hydrogen) atoms. The first-order chi connectivity index (χ1) is 12.5. The van der Waals surface area contributed by atoms with Gasteiger partial charge in [0.05, 0.1) is 10.5 Å². The van der Waals surface area contributed by atoms with Crippen LogP contribution < -0.4 is 5.32 Å². The number of carbonyl (C=O) groups is 2. The minimum atomic E-state index is -0.764. The molecule has 1 N–H and O–H groups in total. The maximum absolute atomic E-state index is 11.8. The first kappa shape index (κ1) is 18.9. The van der Waals surface area contributed by atoms with Gasteiger partial charge in [-0.25, -0.2) is 4.79 Å². The number of nitrogens with zero attached hydrogens (tertiary/aromatic N) is 1. The summed E-state index contributed by atoms with van der Waals surface area (Å²) in [5, 5.41) is 13.5. The van der Waals surface area contributed by atoms with E-state index >= 15 is 0 Å². The Bertz CT molecular complexity index is 828. The normalized spacial score (nSPS) is 10.5. The number of nitro benzene ring substituents is 1. The van der Waals surface area contributed by atoms with E-state index in [4.69, 9.17) is 4.74 Å². The second kappa shape index (κ2) is 9.12. The van der Waals surface area contributed by atoms with Crippen LogP contribution in [0.4, 0.5) is 11.4 Å². The van der Waals surface area contributed by atoms with Gasteiger partial charge >= 0.3 is 5.97 Å². The lowest BCUT2D eigenvalue weighted by Crippen LogP contribution is -2.20. The fourth-order valence-corrected chi connectivity index (χ4v) is 2.16. The maximum atomic E-state index is 11.8. The van der Waals surface area contributed by atoms with E-state index in [0.29, 0.717) is 5.69 Å². The number of amides is 1. The molecular formula is C19H18N2O5. The van der Waals surface area contributed by atoms with Gasteiger partial charge in [-0.3, -0.25) is 14.9 Å². The first-order valence-electron chi connectivity index (χ1n) is 7.96. The van der Waals surface area contributed by atoms with Crippen molar-refractivity contribution in [1.29, 1.82) is 0 Å². The predicted molar refractivity (Wildman–Crippen MR) is 97.5 cm³/mol. The van der Waals surface area contributed by atoms with Crippen LogP contribution in [0.1, 0.15) is 18.1 Å². The topological polar surface area (TPSA) is 98.5 Å². The van der Waals surface area contributed by atoms with Crippen molar-refractivity contribution >= 4 is 29.3 Å². The SMILES string of the molecule is CCc1ccc(NC(=O)COC(=O)/C=C/c2ccccc2[N+](=O)[O-])cc1. The fraction of sp³-hybridized carbons (Fsp3) is 0.158. The summed E-state index contributed by atoms with van der Waals surface area (Å²) in [5.74, 6) is -1.23. The number of esters is 1. The number of carbonyl (C=O) groups excluding carboxylic acids is 2. The van der Waals surface area contributed by atoms with E-state index in [1.165, 1.54) is 24.3 Å². The van der Waals surface area contributed by atoms with Gasteiger partial charge in [-0.05, 0) is 36.3 Å². The number of ether oxygens (including phenoxy) is 1. The third-order valence-electron chi connectivity index (χ3n) is 3.52. The van der Waals surface area contributed by atoms with Gasteiger partial charge in [0.15, 0.2) is 6.61 Å². The van der Waals surface area contributed by atoms with Gasteiger partial charge in [-0.1, -0.05) is 31.2 Å². The molecule has 7 nitrogen and oxygen atoms in total. The third kappa shape index (κ3) is 5.55. The second-order valence-corrected chi connectivity index (χ2v) is 5.36. The molecule has 0 aliphatic carbocycles. The number of hydrogen-bond donors (Lipinski definition) is 1. The first-order valence-corrected chi connectivity index (χ1v) is 7.96. The number of benzene rings is 2. The fourth-order valence-electron chi connectivity index (χ4n) is 2.16. The molecule has 1 amide bonds. The molecule has 0 atom stereocenters. The van der Waals surface area contributed by atoms with Gasteiger partial charge < -0.3 is 10.1 Å². The number of nitrogens with one attached hydrogen (secondary N) is 1. The molecule has 0 saturated carbocycles. The number of anilines is 1. The molecule has 134 valence electrons. The number of aryl methyl sites for hydroxylation is 1. The average Bonchev–Trinajstić information content (AvgIpc) is 2.65. The molecule has 0 fully saturated rings. The summed E-state index contributed by atoms with van der Waals surface area (Å²) in [6, 6.07) is 13.3. The van der Waals surface area contributed by atoms with Crippen LogP contribution in [-0.2, 0) is 20.7 Å². The lowest BCUT2D eigenvalue weighted by atomic mass is 10.1. The van der Waals surface area contributed by atoms with Crippen LogP contribution in [0.25, 0.3) is 6.08 Å². The van der Waals surface area contributed by atoms with E-state index in [2.05, 4.69) is 5.32 Å². The van der Waals surface area contributed by atoms with Crippen molar-refractivity contribution in [3.63, 3.8) is 0 Å². The second-order valence-electron chi connectivity index (χ2n) is 5.36. The van der Waals surface area contributed by atoms with Crippen molar-refractivity contribution < 1.29 is 19.2 Å². The Balaban J connectivity index is 1.86. The summed E-state index contributed by atoms with van der Waals surface area (Å²) in [6.45, 7) is 1.58. The quantitative estimate of drug-likeness (QED) is 0.356. The van der Waals surface area contributed by atoms with Gasteiger partial charge in [-0.2, -0.15) is 0 Å². The Hall–Kier alpha value is -3.48. The van der Waals surface area contributed by atoms with E-state index in [0.717, 1.165) is 18.1 Å². The molecule has 0 bridgehead atoms. The standard InChI is InChI=1S/C19H18N2O5/c1-2-14-7-10-16(11-8-14)20-18(22)13-26-19(23)12-9-15-5-3-4-6-17(15)21(24)25/h3-12H,2,13H2,1H3,(H,20,22)/b12-9+. The molecule has 0 aromatic heterocycles. The molecule has 0 saturated heterocycles. The van der Waals surface area contributed by atoms with Gasteiger partial charge in [-0.15, -0.1) is 0 Å². The molecule has 2 aromatic rings. The molecule has 0 unspecified atom stereocenters. The van der Waals surface area contributed by atoms with E-state index in [-0.39, 0.29) is 11.3 Å². The molecule has 0 aliphatic heterocycles. The Morgan fingerprint density at radius 1 is 1.15 bits per heavy atom. The molecule has 2 rings (SSSR count). The van der Waals surface area contributed by atoms with Crippen molar-refractivity contribution in [3.05, 3.63) is 75.8 Å². The molecular weight excluding hydrogens is 336 g/mol. The Labute approximate surface area is 150 Å². The van der Waals surface area contributed by atoms with Gasteiger partial charge in [0.2, 0.25) is 0 Å². The summed E-state index contributed by atoms with van der Waals surface area (Å²) < 4.78 is 4.84. The molecule has 0 heterocycles. The monoisotopic (exact) mass is 354 g/mol. The number of nitro groups is 1.